The molecule has 0 saturated carbocycles. The third-order valence-electron chi connectivity index (χ3n) is 4.87. The van der Waals surface area contributed by atoms with Crippen molar-refractivity contribution in [2.45, 2.75) is 12.5 Å². The maximum atomic E-state index is 11.3. The van der Waals surface area contributed by atoms with Crippen LogP contribution in [0, 0.1) is 5.92 Å². The van der Waals surface area contributed by atoms with E-state index in [0.717, 1.165) is 24.4 Å². The molecule has 26 heavy (non-hydrogen) atoms. The van der Waals surface area contributed by atoms with Gasteiger partial charge in [0.1, 0.15) is 5.82 Å². The summed E-state index contributed by atoms with van der Waals surface area (Å²) < 4.78 is 7.96. The number of hydrogen-bond donors (Lipinski definition) is 1. The summed E-state index contributed by atoms with van der Waals surface area (Å²) in [7, 11) is 0. The van der Waals surface area contributed by atoms with Crippen molar-refractivity contribution in [2.75, 3.05) is 13.2 Å². The first-order valence-electron chi connectivity index (χ1n) is 8.62. The van der Waals surface area contributed by atoms with E-state index in [1.165, 1.54) is 5.56 Å². The van der Waals surface area contributed by atoms with E-state index >= 15 is 0 Å². The summed E-state index contributed by atoms with van der Waals surface area (Å²) >= 11 is 0. The fourth-order valence-electron chi connectivity index (χ4n) is 3.50. The number of primary amides is 1. The van der Waals surface area contributed by atoms with Gasteiger partial charge < -0.3 is 15.0 Å². The lowest BCUT2D eigenvalue weighted by Crippen LogP contribution is -2.20. The molecule has 6 nitrogen and oxygen atoms in total. The second-order valence-electron chi connectivity index (χ2n) is 6.52. The highest BCUT2D eigenvalue weighted by Gasteiger charge is 2.31. The Hall–Kier alpha value is -2.99. The minimum Gasteiger partial charge on any atom is -0.379 e. The normalized spacial score (nSPS) is 19.5. The number of nitrogens with zero attached hydrogens (tertiary/aromatic N) is 3. The zero-order chi connectivity index (χ0) is 17.9. The first kappa shape index (κ1) is 16.5. The number of pyridine rings is 1. The van der Waals surface area contributed by atoms with Gasteiger partial charge in [0, 0.05) is 41.8 Å². The molecule has 1 fully saturated rings. The number of nitrogens with two attached hydrogens (primary N) is 1. The Morgan fingerprint density at radius 2 is 1.88 bits per heavy atom. The summed E-state index contributed by atoms with van der Waals surface area (Å²) in [5, 5.41) is 0. The molecule has 132 valence electrons. The van der Waals surface area contributed by atoms with Gasteiger partial charge in [-0.2, -0.15) is 0 Å². The number of aromatic nitrogens is 3. The van der Waals surface area contributed by atoms with Crippen LogP contribution in [-0.2, 0) is 11.2 Å². The third kappa shape index (κ3) is 3.23. The molecule has 0 spiro atoms. The number of amides is 1. The molecule has 6 heteroatoms. The summed E-state index contributed by atoms with van der Waals surface area (Å²) in [5.41, 5.74) is 8.03. The Labute approximate surface area is 151 Å². The second kappa shape index (κ2) is 7.09. The quantitative estimate of drug-likeness (QED) is 0.768. The SMILES string of the molecule is NC(=O)c1ccc(-c2nccn2[C@@H]2COC[C@H]2Cc2ccncc2)cc1. The van der Waals surface area contributed by atoms with Gasteiger partial charge in [0.05, 0.1) is 19.3 Å². The van der Waals surface area contributed by atoms with Crippen molar-refractivity contribution in [2.24, 2.45) is 11.7 Å². The Morgan fingerprint density at radius 3 is 2.62 bits per heavy atom. The van der Waals surface area contributed by atoms with Crippen LogP contribution in [0.2, 0.25) is 0 Å². The lowest BCUT2D eigenvalue weighted by atomic mass is 9.95. The van der Waals surface area contributed by atoms with Crippen LogP contribution < -0.4 is 5.73 Å². The predicted molar refractivity (Wildman–Crippen MR) is 97.5 cm³/mol. The van der Waals surface area contributed by atoms with Crippen LogP contribution in [0.15, 0.2) is 61.2 Å². The average Bonchev–Trinajstić information content (AvgIpc) is 3.31. The second-order valence-corrected chi connectivity index (χ2v) is 6.52. The van der Waals surface area contributed by atoms with Crippen LogP contribution in [0.1, 0.15) is 22.0 Å². The third-order valence-corrected chi connectivity index (χ3v) is 4.87. The molecule has 2 N–H and O–H groups in total. The van der Waals surface area contributed by atoms with E-state index < -0.39 is 5.91 Å². The van der Waals surface area contributed by atoms with Crippen molar-refractivity contribution < 1.29 is 9.53 Å². The van der Waals surface area contributed by atoms with Crippen molar-refractivity contribution in [1.82, 2.24) is 14.5 Å². The van der Waals surface area contributed by atoms with E-state index in [4.69, 9.17) is 10.5 Å². The first-order valence-corrected chi connectivity index (χ1v) is 8.62. The van der Waals surface area contributed by atoms with E-state index in [2.05, 4.69) is 14.5 Å². The van der Waals surface area contributed by atoms with Crippen molar-refractivity contribution in [1.29, 1.82) is 0 Å². The highest BCUT2D eigenvalue weighted by Crippen LogP contribution is 2.32. The molecule has 0 unspecified atom stereocenters. The van der Waals surface area contributed by atoms with Gasteiger partial charge in [-0.05, 0) is 36.2 Å². The molecule has 3 heterocycles. The van der Waals surface area contributed by atoms with E-state index in [1.54, 1.807) is 18.3 Å². The standard InChI is InChI=1S/C20H20N4O2/c21-19(25)15-1-3-16(4-2-15)20-23-9-10-24(20)18-13-26-12-17(18)11-14-5-7-22-8-6-14/h1-10,17-18H,11-13H2,(H2,21,25)/t17-,18-/m1/s1. The number of ether oxygens (including phenoxy) is 1. The number of hydrogen-bond acceptors (Lipinski definition) is 4. The molecule has 1 aliphatic heterocycles. The molecule has 0 aliphatic carbocycles. The molecular weight excluding hydrogens is 328 g/mol. The van der Waals surface area contributed by atoms with Crippen molar-refractivity contribution in [3.63, 3.8) is 0 Å². The Bertz CT molecular complexity index is 890. The van der Waals surface area contributed by atoms with Gasteiger partial charge in [0.15, 0.2) is 0 Å². The summed E-state index contributed by atoms with van der Waals surface area (Å²) in [6.07, 6.45) is 8.38. The fraction of sp³-hybridized carbons (Fsp3) is 0.250. The average molecular weight is 348 g/mol. The molecule has 2 atom stereocenters. The lowest BCUT2D eigenvalue weighted by Gasteiger charge is -2.21. The Morgan fingerprint density at radius 1 is 1.12 bits per heavy atom. The number of carbonyl (C=O) groups excluding carboxylic acids is 1. The number of rotatable bonds is 5. The molecule has 1 aromatic carbocycles. The minimum atomic E-state index is -0.429. The van der Waals surface area contributed by atoms with E-state index in [0.29, 0.717) is 18.1 Å². The summed E-state index contributed by atoms with van der Waals surface area (Å²) in [5.74, 6) is 0.813. The van der Waals surface area contributed by atoms with Crippen LogP contribution in [0.5, 0.6) is 0 Å². The van der Waals surface area contributed by atoms with Gasteiger partial charge in [-0.15, -0.1) is 0 Å². The molecule has 0 bridgehead atoms. The summed E-state index contributed by atoms with van der Waals surface area (Å²) in [6, 6.07) is 11.5. The lowest BCUT2D eigenvalue weighted by molar-refractivity contribution is 0.100. The van der Waals surface area contributed by atoms with E-state index in [9.17, 15) is 4.79 Å². The predicted octanol–water partition coefficient (Wildman–Crippen LogP) is 2.47. The maximum Gasteiger partial charge on any atom is 0.248 e. The number of imidazole rings is 1. The van der Waals surface area contributed by atoms with Crippen molar-refractivity contribution in [3.8, 4) is 11.4 Å². The van der Waals surface area contributed by atoms with Crippen molar-refractivity contribution >= 4 is 5.91 Å². The van der Waals surface area contributed by atoms with Gasteiger partial charge in [-0.25, -0.2) is 4.98 Å². The smallest absolute Gasteiger partial charge is 0.248 e. The van der Waals surface area contributed by atoms with Crippen LogP contribution in [0.4, 0.5) is 0 Å². The van der Waals surface area contributed by atoms with E-state index in [1.807, 2.05) is 42.9 Å². The van der Waals surface area contributed by atoms with E-state index in [-0.39, 0.29) is 6.04 Å². The van der Waals surface area contributed by atoms with Gasteiger partial charge >= 0.3 is 0 Å². The van der Waals surface area contributed by atoms with Crippen LogP contribution >= 0.6 is 0 Å². The van der Waals surface area contributed by atoms with Gasteiger partial charge in [0.25, 0.3) is 0 Å². The maximum absolute atomic E-state index is 11.3. The first-order chi connectivity index (χ1) is 12.7. The highest BCUT2D eigenvalue weighted by atomic mass is 16.5. The molecule has 1 aliphatic rings. The Kier molecular flexibility index (Phi) is 4.50. The minimum absolute atomic E-state index is 0.219. The molecule has 2 aromatic heterocycles. The monoisotopic (exact) mass is 348 g/mol. The van der Waals surface area contributed by atoms with Crippen LogP contribution in [0.25, 0.3) is 11.4 Å². The molecule has 1 saturated heterocycles. The fourth-order valence-corrected chi connectivity index (χ4v) is 3.50. The zero-order valence-electron chi connectivity index (χ0n) is 14.3. The molecule has 4 rings (SSSR count). The topological polar surface area (TPSA) is 83.0 Å². The van der Waals surface area contributed by atoms with Gasteiger partial charge in [-0.1, -0.05) is 12.1 Å². The van der Waals surface area contributed by atoms with Gasteiger partial charge in [-0.3, -0.25) is 9.78 Å². The number of carbonyl (C=O) groups is 1. The summed E-state index contributed by atoms with van der Waals surface area (Å²) in [6.45, 7) is 1.39. The van der Waals surface area contributed by atoms with Crippen LogP contribution in [0.3, 0.4) is 0 Å². The molecule has 1 amide bonds. The number of benzene rings is 1. The molecule has 3 aromatic rings. The van der Waals surface area contributed by atoms with Crippen LogP contribution in [-0.4, -0.2) is 33.7 Å². The van der Waals surface area contributed by atoms with Gasteiger partial charge in [0.2, 0.25) is 5.91 Å². The molecular formula is C20H20N4O2. The largest absolute Gasteiger partial charge is 0.379 e. The summed E-state index contributed by atoms with van der Waals surface area (Å²) in [4.78, 5) is 19.9. The Balaban J connectivity index is 1.60. The molecule has 0 radical (unpaired) electrons. The van der Waals surface area contributed by atoms with Crippen molar-refractivity contribution in [3.05, 3.63) is 72.3 Å². The highest BCUT2D eigenvalue weighted by molar-refractivity contribution is 5.93. The zero-order valence-corrected chi connectivity index (χ0v) is 14.3.